The molecule has 3 aromatic carbocycles. The SMILES string of the molecule is CCCCCCCCOc1ccc(C2Oc3ccccc3C3CC(c4ccc(OC)cc4)=NN32)cc1. The molecule has 0 aromatic heterocycles. The van der Waals surface area contributed by atoms with Gasteiger partial charge in [-0.2, -0.15) is 5.10 Å². The standard InChI is InChI=1S/C31H36N2O3/c1-3-4-5-6-7-10-21-35-26-19-15-24(16-20-26)31-33-29(27-11-8-9-12-30(27)36-31)22-28(32-33)23-13-17-25(34-2)18-14-23/h8-9,11-20,29,31H,3-7,10,21-22H2,1-2H3. The van der Waals surface area contributed by atoms with E-state index in [-0.39, 0.29) is 12.3 Å². The second-order valence-electron chi connectivity index (χ2n) is 9.57. The maximum Gasteiger partial charge on any atom is 0.213 e. The summed E-state index contributed by atoms with van der Waals surface area (Å²) in [6.45, 7) is 3.02. The molecule has 0 fully saturated rings. The minimum Gasteiger partial charge on any atom is -0.497 e. The largest absolute Gasteiger partial charge is 0.497 e. The van der Waals surface area contributed by atoms with Crippen molar-refractivity contribution in [1.29, 1.82) is 0 Å². The monoisotopic (exact) mass is 484 g/mol. The molecule has 36 heavy (non-hydrogen) atoms. The van der Waals surface area contributed by atoms with Gasteiger partial charge in [-0.05, 0) is 66.6 Å². The summed E-state index contributed by atoms with van der Waals surface area (Å²) >= 11 is 0. The summed E-state index contributed by atoms with van der Waals surface area (Å²) in [5.41, 5.74) is 4.42. The molecule has 0 bridgehead atoms. The van der Waals surface area contributed by atoms with Gasteiger partial charge in [-0.15, -0.1) is 0 Å². The predicted molar refractivity (Wildman–Crippen MR) is 144 cm³/mol. The van der Waals surface area contributed by atoms with E-state index in [2.05, 4.69) is 66.5 Å². The summed E-state index contributed by atoms with van der Waals surface area (Å²) in [4.78, 5) is 0. The molecule has 0 N–H and O–H groups in total. The topological polar surface area (TPSA) is 43.3 Å². The van der Waals surface area contributed by atoms with Crippen LogP contribution < -0.4 is 14.2 Å². The summed E-state index contributed by atoms with van der Waals surface area (Å²) in [5, 5.41) is 7.18. The van der Waals surface area contributed by atoms with Gasteiger partial charge < -0.3 is 14.2 Å². The Bertz CT molecular complexity index is 1160. The molecule has 0 amide bonds. The fourth-order valence-electron chi connectivity index (χ4n) is 5.01. The van der Waals surface area contributed by atoms with Crippen LogP contribution in [0.3, 0.4) is 0 Å². The zero-order valence-electron chi connectivity index (χ0n) is 21.4. The first-order valence-corrected chi connectivity index (χ1v) is 13.3. The molecule has 5 nitrogen and oxygen atoms in total. The molecule has 2 unspecified atom stereocenters. The fraction of sp³-hybridized carbons (Fsp3) is 0.387. The molecule has 2 aliphatic rings. The van der Waals surface area contributed by atoms with E-state index in [1.54, 1.807) is 7.11 Å². The van der Waals surface area contributed by atoms with Crippen molar-refractivity contribution in [2.45, 2.75) is 64.1 Å². The van der Waals surface area contributed by atoms with Crippen LogP contribution in [-0.4, -0.2) is 24.4 Å². The zero-order chi connectivity index (χ0) is 24.7. The van der Waals surface area contributed by atoms with Crippen molar-refractivity contribution >= 4 is 5.71 Å². The van der Waals surface area contributed by atoms with Gasteiger partial charge in [0.25, 0.3) is 0 Å². The average molecular weight is 485 g/mol. The van der Waals surface area contributed by atoms with E-state index >= 15 is 0 Å². The molecule has 2 atom stereocenters. The first kappa shape index (κ1) is 24.2. The van der Waals surface area contributed by atoms with E-state index in [1.807, 2.05) is 18.2 Å². The molecular formula is C31H36N2O3. The molecule has 2 heterocycles. The predicted octanol–water partition coefficient (Wildman–Crippen LogP) is 7.68. The maximum absolute atomic E-state index is 6.50. The van der Waals surface area contributed by atoms with Crippen molar-refractivity contribution in [3.8, 4) is 17.2 Å². The zero-order valence-corrected chi connectivity index (χ0v) is 21.4. The van der Waals surface area contributed by atoms with Gasteiger partial charge in [-0.25, -0.2) is 5.01 Å². The Morgan fingerprint density at radius 2 is 1.58 bits per heavy atom. The summed E-state index contributed by atoms with van der Waals surface area (Å²) in [6.07, 6.45) is 8.13. The fourth-order valence-corrected chi connectivity index (χ4v) is 5.01. The van der Waals surface area contributed by atoms with Crippen LogP contribution in [0.25, 0.3) is 0 Å². The first-order valence-electron chi connectivity index (χ1n) is 13.3. The Labute approximate surface area is 214 Å². The lowest BCUT2D eigenvalue weighted by Gasteiger charge is -2.38. The number of benzene rings is 3. The third-order valence-corrected chi connectivity index (χ3v) is 7.05. The number of hydrogen-bond donors (Lipinski definition) is 0. The normalized spacial score (nSPS) is 18.2. The summed E-state index contributed by atoms with van der Waals surface area (Å²) < 4.78 is 17.8. The van der Waals surface area contributed by atoms with Crippen molar-refractivity contribution in [3.63, 3.8) is 0 Å². The van der Waals surface area contributed by atoms with Crippen LogP contribution in [0.2, 0.25) is 0 Å². The number of rotatable bonds is 11. The number of ether oxygens (including phenoxy) is 3. The van der Waals surface area contributed by atoms with Crippen LogP contribution in [0.15, 0.2) is 77.9 Å². The van der Waals surface area contributed by atoms with Crippen LogP contribution in [-0.2, 0) is 0 Å². The van der Waals surface area contributed by atoms with Gasteiger partial charge in [0.1, 0.15) is 17.2 Å². The lowest BCUT2D eigenvalue weighted by atomic mass is 9.96. The van der Waals surface area contributed by atoms with Gasteiger partial charge >= 0.3 is 0 Å². The van der Waals surface area contributed by atoms with Gasteiger partial charge in [0.2, 0.25) is 6.23 Å². The van der Waals surface area contributed by atoms with Crippen molar-refractivity contribution in [3.05, 3.63) is 89.5 Å². The number of para-hydroxylation sites is 1. The van der Waals surface area contributed by atoms with E-state index < -0.39 is 0 Å². The van der Waals surface area contributed by atoms with Crippen LogP contribution in [0.5, 0.6) is 17.2 Å². The van der Waals surface area contributed by atoms with Gasteiger partial charge in [-0.1, -0.05) is 57.2 Å². The minimum absolute atomic E-state index is 0.140. The Balaban J connectivity index is 1.30. The van der Waals surface area contributed by atoms with E-state index in [1.165, 1.54) is 37.7 Å². The smallest absolute Gasteiger partial charge is 0.213 e. The Hall–Kier alpha value is -3.47. The van der Waals surface area contributed by atoms with Crippen molar-refractivity contribution < 1.29 is 14.2 Å². The van der Waals surface area contributed by atoms with Crippen LogP contribution >= 0.6 is 0 Å². The van der Waals surface area contributed by atoms with Crippen LogP contribution in [0.1, 0.15) is 80.8 Å². The number of fused-ring (bicyclic) bond motifs is 3. The van der Waals surface area contributed by atoms with Crippen LogP contribution in [0.4, 0.5) is 0 Å². The highest BCUT2D eigenvalue weighted by Crippen LogP contribution is 2.47. The molecule has 0 saturated heterocycles. The van der Waals surface area contributed by atoms with E-state index in [9.17, 15) is 0 Å². The lowest BCUT2D eigenvalue weighted by Crippen LogP contribution is -2.33. The van der Waals surface area contributed by atoms with Gasteiger partial charge in [0, 0.05) is 17.5 Å². The highest BCUT2D eigenvalue weighted by Gasteiger charge is 2.40. The lowest BCUT2D eigenvalue weighted by molar-refractivity contribution is -0.0190. The molecule has 0 aliphatic carbocycles. The van der Waals surface area contributed by atoms with Crippen molar-refractivity contribution in [1.82, 2.24) is 5.01 Å². The van der Waals surface area contributed by atoms with Crippen molar-refractivity contribution in [2.75, 3.05) is 13.7 Å². The number of methoxy groups -OCH3 is 1. The molecule has 5 rings (SSSR count). The van der Waals surface area contributed by atoms with Gasteiger partial charge in [-0.3, -0.25) is 0 Å². The molecule has 0 saturated carbocycles. The van der Waals surface area contributed by atoms with Gasteiger partial charge in [0.15, 0.2) is 0 Å². The summed E-state index contributed by atoms with van der Waals surface area (Å²) in [6, 6.07) is 24.9. The molecule has 2 aliphatic heterocycles. The third-order valence-electron chi connectivity index (χ3n) is 7.05. The summed E-state index contributed by atoms with van der Waals surface area (Å²) in [5.74, 6) is 2.68. The van der Waals surface area contributed by atoms with Crippen LogP contribution in [0, 0.1) is 0 Å². The second-order valence-corrected chi connectivity index (χ2v) is 9.57. The Morgan fingerprint density at radius 1 is 0.861 bits per heavy atom. The van der Waals surface area contributed by atoms with E-state index in [0.29, 0.717) is 0 Å². The number of nitrogens with zero attached hydrogens (tertiary/aromatic N) is 2. The quantitative estimate of drug-likeness (QED) is 0.262. The number of hydrazone groups is 1. The molecule has 3 aromatic rings. The van der Waals surface area contributed by atoms with Gasteiger partial charge in [0.05, 0.1) is 25.5 Å². The second kappa shape index (κ2) is 11.5. The number of unbranched alkanes of at least 4 members (excludes halogenated alkanes) is 5. The average Bonchev–Trinajstić information content (AvgIpc) is 3.38. The molecular weight excluding hydrogens is 448 g/mol. The highest BCUT2D eigenvalue weighted by molar-refractivity contribution is 6.02. The van der Waals surface area contributed by atoms with Crippen molar-refractivity contribution in [2.24, 2.45) is 5.10 Å². The summed E-state index contributed by atoms with van der Waals surface area (Å²) in [7, 11) is 1.69. The minimum atomic E-state index is -0.284. The molecule has 188 valence electrons. The molecule has 0 spiro atoms. The molecule has 0 radical (unpaired) electrons. The highest BCUT2D eigenvalue weighted by atomic mass is 16.5. The Kier molecular flexibility index (Phi) is 7.75. The third kappa shape index (κ3) is 5.35. The first-order chi connectivity index (χ1) is 17.8. The maximum atomic E-state index is 6.50. The Morgan fingerprint density at radius 3 is 2.36 bits per heavy atom. The van der Waals surface area contributed by atoms with E-state index in [0.717, 1.165) is 53.5 Å². The van der Waals surface area contributed by atoms with E-state index in [4.69, 9.17) is 19.3 Å². The number of hydrogen-bond acceptors (Lipinski definition) is 5. The molecule has 5 heteroatoms.